The minimum Gasteiger partial charge on any atom is -0.444 e. The smallest absolute Gasteiger partial charge is 0.410 e. The number of ether oxygens (including phenoxy) is 1. The average molecular weight is 510 g/mol. The number of halogens is 2. The van der Waals surface area contributed by atoms with Crippen LogP contribution in [-0.2, 0) is 11.2 Å². The molecule has 1 aliphatic heterocycles. The number of likely N-dealkylation sites (tertiary alicyclic amines) is 1. The third kappa shape index (κ3) is 5.17. The number of alkyl halides is 2. The van der Waals surface area contributed by atoms with Crippen molar-refractivity contribution in [1.29, 1.82) is 0 Å². The molecule has 5 rings (SSSR count). The van der Waals surface area contributed by atoms with E-state index in [0.717, 1.165) is 46.1 Å². The van der Waals surface area contributed by atoms with E-state index in [1.807, 2.05) is 59.0 Å². The molecule has 3 aromatic heterocycles. The number of carbonyl (C=O) groups excluding carboxylic acids is 1. The Hall–Kier alpha value is -3.49. The number of hydrogen-bond acceptors (Lipinski definition) is 4. The van der Waals surface area contributed by atoms with Crippen molar-refractivity contribution in [2.75, 3.05) is 13.1 Å². The summed E-state index contributed by atoms with van der Waals surface area (Å²) in [5, 5.41) is 5.24. The van der Waals surface area contributed by atoms with Gasteiger partial charge in [0.25, 0.3) is 0 Å². The Balaban J connectivity index is 1.46. The summed E-state index contributed by atoms with van der Waals surface area (Å²) in [6, 6.07) is 8.06. The standard InChI is InChI=1S/C28H33F2N5O2/c1-16-12-20(15-35-26(16)31-17(2)33-35)25-22(14-24(29)30)21-13-19(6-7-23(21)32-25)18-8-10-34(11-9-18)27(36)37-28(3,4)5/h6-7,12-13,15,18,24,32H,8-11,14H2,1-5H3. The van der Waals surface area contributed by atoms with E-state index in [1.165, 1.54) is 0 Å². The summed E-state index contributed by atoms with van der Waals surface area (Å²) in [6.07, 6.45) is 0.336. The molecule has 1 fully saturated rings. The molecule has 1 aliphatic rings. The molecule has 4 heterocycles. The quantitative estimate of drug-likeness (QED) is 0.345. The highest BCUT2D eigenvalue weighted by Gasteiger charge is 2.28. The van der Waals surface area contributed by atoms with Gasteiger partial charge in [-0.15, -0.1) is 0 Å². The molecule has 0 spiro atoms. The monoisotopic (exact) mass is 509 g/mol. The van der Waals surface area contributed by atoms with Crippen LogP contribution in [0.5, 0.6) is 0 Å². The molecule has 9 heteroatoms. The molecule has 0 saturated carbocycles. The predicted octanol–water partition coefficient (Wildman–Crippen LogP) is 6.42. The second-order valence-corrected chi connectivity index (χ2v) is 11.0. The van der Waals surface area contributed by atoms with Gasteiger partial charge in [0.05, 0.1) is 5.69 Å². The molecule has 0 bridgehead atoms. The zero-order valence-electron chi connectivity index (χ0n) is 21.9. The molecule has 1 saturated heterocycles. The molecule has 0 radical (unpaired) electrons. The predicted molar refractivity (Wildman–Crippen MR) is 139 cm³/mol. The highest BCUT2D eigenvalue weighted by molar-refractivity contribution is 5.91. The number of nitrogens with one attached hydrogen (secondary N) is 1. The van der Waals surface area contributed by atoms with E-state index in [9.17, 15) is 13.6 Å². The van der Waals surface area contributed by atoms with Crippen LogP contribution < -0.4 is 0 Å². The first-order valence-electron chi connectivity index (χ1n) is 12.7. The van der Waals surface area contributed by atoms with Gasteiger partial charge in [0.15, 0.2) is 5.65 Å². The Kier molecular flexibility index (Phi) is 6.41. The molecular formula is C28H33F2N5O2. The lowest BCUT2D eigenvalue weighted by Gasteiger charge is -2.33. The highest BCUT2D eigenvalue weighted by atomic mass is 19.3. The van der Waals surface area contributed by atoms with Crippen molar-refractivity contribution in [1.82, 2.24) is 24.5 Å². The number of aryl methyl sites for hydroxylation is 2. The van der Waals surface area contributed by atoms with Crippen molar-refractivity contribution in [3.05, 3.63) is 53.0 Å². The van der Waals surface area contributed by atoms with Gasteiger partial charge in [-0.25, -0.2) is 23.1 Å². The average Bonchev–Trinajstić information content (AvgIpc) is 3.37. The van der Waals surface area contributed by atoms with Crippen LogP contribution >= 0.6 is 0 Å². The Morgan fingerprint density at radius 3 is 2.59 bits per heavy atom. The maximum Gasteiger partial charge on any atom is 0.410 e. The van der Waals surface area contributed by atoms with Crippen LogP contribution in [-0.4, -0.2) is 55.7 Å². The number of rotatable bonds is 4. The lowest BCUT2D eigenvalue weighted by atomic mass is 9.88. The maximum absolute atomic E-state index is 13.8. The van der Waals surface area contributed by atoms with Crippen molar-refractivity contribution >= 4 is 22.6 Å². The normalized spacial score (nSPS) is 15.3. The van der Waals surface area contributed by atoms with Crippen molar-refractivity contribution < 1.29 is 18.3 Å². The number of H-pyrrole nitrogens is 1. The van der Waals surface area contributed by atoms with Gasteiger partial charge >= 0.3 is 6.09 Å². The Bertz CT molecular complexity index is 1460. The zero-order chi connectivity index (χ0) is 26.5. The number of pyridine rings is 1. The summed E-state index contributed by atoms with van der Waals surface area (Å²) in [5.74, 6) is 0.907. The minimum absolute atomic E-state index is 0.248. The second kappa shape index (κ2) is 9.43. The van der Waals surface area contributed by atoms with Gasteiger partial charge in [-0.1, -0.05) is 6.07 Å². The van der Waals surface area contributed by atoms with Crippen molar-refractivity contribution in [3.63, 3.8) is 0 Å². The summed E-state index contributed by atoms with van der Waals surface area (Å²) in [5.41, 5.74) is 5.18. The summed E-state index contributed by atoms with van der Waals surface area (Å²) >= 11 is 0. The van der Waals surface area contributed by atoms with Gasteiger partial charge in [0.1, 0.15) is 11.4 Å². The fraction of sp³-hybridized carbons (Fsp3) is 0.464. The summed E-state index contributed by atoms with van der Waals surface area (Å²) < 4.78 is 34.7. The lowest BCUT2D eigenvalue weighted by Crippen LogP contribution is -2.41. The van der Waals surface area contributed by atoms with Crippen LogP contribution in [0.2, 0.25) is 0 Å². The molecule has 7 nitrogen and oxygen atoms in total. The van der Waals surface area contributed by atoms with E-state index >= 15 is 0 Å². The van der Waals surface area contributed by atoms with Crippen molar-refractivity contribution in [2.45, 2.75) is 71.8 Å². The van der Waals surface area contributed by atoms with Crippen LogP contribution in [0.25, 0.3) is 27.8 Å². The molecule has 1 amide bonds. The third-order valence-electron chi connectivity index (χ3n) is 6.92. The Morgan fingerprint density at radius 1 is 1.19 bits per heavy atom. The Labute approximate surface area is 214 Å². The van der Waals surface area contributed by atoms with E-state index in [4.69, 9.17) is 4.74 Å². The minimum atomic E-state index is -2.48. The van der Waals surface area contributed by atoms with Crippen molar-refractivity contribution in [2.24, 2.45) is 0 Å². The molecule has 0 atom stereocenters. The van der Waals surface area contributed by atoms with Gasteiger partial charge in [0, 0.05) is 42.2 Å². The number of hydrogen-bond donors (Lipinski definition) is 1. The number of aromatic nitrogens is 4. The highest BCUT2D eigenvalue weighted by Crippen LogP contribution is 2.36. The molecular weight excluding hydrogens is 476 g/mol. The molecule has 0 aliphatic carbocycles. The lowest BCUT2D eigenvalue weighted by molar-refractivity contribution is 0.0205. The fourth-order valence-electron chi connectivity index (χ4n) is 5.25. The van der Waals surface area contributed by atoms with E-state index in [0.29, 0.717) is 30.2 Å². The third-order valence-corrected chi connectivity index (χ3v) is 6.92. The van der Waals surface area contributed by atoms with Crippen molar-refractivity contribution in [3.8, 4) is 11.3 Å². The van der Waals surface area contributed by atoms with E-state index in [-0.39, 0.29) is 18.4 Å². The van der Waals surface area contributed by atoms with Gasteiger partial charge in [-0.05, 0) is 88.3 Å². The number of piperidine rings is 1. The number of amides is 1. The van der Waals surface area contributed by atoms with Crippen LogP contribution in [0.15, 0.2) is 30.5 Å². The number of benzene rings is 1. The number of fused-ring (bicyclic) bond motifs is 2. The number of carbonyl (C=O) groups is 1. The topological polar surface area (TPSA) is 75.5 Å². The van der Waals surface area contributed by atoms with Gasteiger partial charge in [0.2, 0.25) is 6.43 Å². The first kappa shape index (κ1) is 25.2. The molecule has 0 unspecified atom stereocenters. The number of aromatic amines is 1. The fourth-order valence-corrected chi connectivity index (χ4v) is 5.25. The second-order valence-electron chi connectivity index (χ2n) is 11.0. The molecule has 1 N–H and O–H groups in total. The Morgan fingerprint density at radius 2 is 1.92 bits per heavy atom. The zero-order valence-corrected chi connectivity index (χ0v) is 21.9. The maximum atomic E-state index is 13.8. The summed E-state index contributed by atoms with van der Waals surface area (Å²) in [4.78, 5) is 22.0. The largest absolute Gasteiger partial charge is 0.444 e. The number of nitrogens with zero attached hydrogens (tertiary/aromatic N) is 4. The molecule has 1 aromatic carbocycles. The summed E-state index contributed by atoms with van der Waals surface area (Å²) in [6.45, 7) is 10.6. The van der Waals surface area contributed by atoms with Gasteiger partial charge in [-0.3, -0.25) is 0 Å². The molecule has 4 aromatic rings. The van der Waals surface area contributed by atoms with Crippen LogP contribution in [0.4, 0.5) is 13.6 Å². The van der Waals surface area contributed by atoms with Gasteiger partial charge < -0.3 is 14.6 Å². The van der Waals surface area contributed by atoms with E-state index < -0.39 is 12.0 Å². The van der Waals surface area contributed by atoms with Crippen LogP contribution in [0, 0.1) is 13.8 Å². The first-order valence-corrected chi connectivity index (χ1v) is 12.7. The SMILES string of the molecule is Cc1nc2c(C)cc(-c3[nH]c4ccc(C5CCN(C(=O)OC(C)(C)C)CC5)cc4c3CC(F)F)cn2n1. The first-order chi connectivity index (χ1) is 17.5. The van der Waals surface area contributed by atoms with E-state index in [2.05, 4.69) is 21.1 Å². The molecule has 37 heavy (non-hydrogen) atoms. The van der Waals surface area contributed by atoms with Gasteiger partial charge in [-0.2, -0.15) is 5.10 Å². The molecule has 196 valence electrons. The summed E-state index contributed by atoms with van der Waals surface area (Å²) in [7, 11) is 0. The van der Waals surface area contributed by atoms with Crippen LogP contribution in [0.1, 0.15) is 62.0 Å². The van der Waals surface area contributed by atoms with Crippen LogP contribution in [0.3, 0.4) is 0 Å². The van der Waals surface area contributed by atoms with E-state index in [1.54, 1.807) is 9.42 Å².